The molecule has 1 aromatic carbocycles. The quantitative estimate of drug-likeness (QED) is 0.942. The molecule has 23 heavy (non-hydrogen) atoms. The van der Waals surface area contributed by atoms with Crippen molar-refractivity contribution < 1.29 is 9.53 Å². The zero-order valence-electron chi connectivity index (χ0n) is 13.2. The van der Waals surface area contributed by atoms with Crippen molar-refractivity contribution in [1.82, 2.24) is 9.88 Å². The Labute approximate surface area is 136 Å². The second kappa shape index (κ2) is 7.13. The molecule has 1 unspecified atom stereocenters. The number of carbonyl (C=O) groups is 1. The van der Waals surface area contributed by atoms with Crippen LogP contribution in [0.4, 0.5) is 10.5 Å². The predicted octanol–water partition coefficient (Wildman–Crippen LogP) is 3.33. The van der Waals surface area contributed by atoms with E-state index in [0.717, 1.165) is 42.8 Å². The van der Waals surface area contributed by atoms with Gasteiger partial charge in [-0.1, -0.05) is 18.2 Å². The maximum atomic E-state index is 12.5. The highest BCUT2D eigenvalue weighted by Gasteiger charge is 2.29. The van der Waals surface area contributed by atoms with Crippen LogP contribution in [0.25, 0.3) is 0 Å². The number of hydrogen-bond donors (Lipinski definition) is 1. The third kappa shape index (κ3) is 3.62. The Kier molecular flexibility index (Phi) is 4.76. The number of likely N-dealkylation sites (tertiary alicyclic amines) is 1. The Morgan fingerprint density at radius 1 is 1.30 bits per heavy atom. The molecule has 0 bridgehead atoms. The second-order valence-corrected chi connectivity index (χ2v) is 5.67. The van der Waals surface area contributed by atoms with Crippen LogP contribution in [0.1, 0.15) is 18.4 Å². The number of rotatable bonds is 4. The third-order valence-corrected chi connectivity index (χ3v) is 4.22. The zero-order chi connectivity index (χ0) is 16.1. The summed E-state index contributed by atoms with van der Waals surface area (Å²) in [6, 6.07) is 11.7. The summed E-state index contributed by atoms with van der Waals surface area (Å²) in [6.07, 6.45) is 6.21. The molecule has 120 valence electrons. The van der Waals surface area contributed by atoms with Crippen molar-refractivity contribution in [2.75, 3.05) is 19.0 Å². The van der Waals surface area contributed by atoms with Crippen molar-refractivity contribution in [3.63, 3.8) is 0 Å². The number of pyridine rings is 1. The molecule has 2 amide bonds. The van der Waals surface area contributed by atoms with Gasteiger partial charge in [-0.15, -0.1) is 0 Å². The first kappa shape index (κ1) is 15.3. The molecule has 1 aliphatic rings. The molecule has 5 heteroatoms. The van der Waals surface area contributed by atoms with Gasteiger partial charge in [-0.3, -0.25) is 4.98 Å². The van der Waals surface area contributed by atoms with Gasteiger partial charge in [0, 0.05) is 30.7 Å². The standard InChI is InChI=1S/C18H21N3O2/c1-23-17-7-3-2-5-14(17)13-16-6-4-12-21(16)18(22)20-15-8-10-19-11-9-15/h2-3,5,7-11,16H,4,6,12-13H2,1H3,(H,19,20,22). The molecule has 1 N–H and O–H groups in total. The van der Waals surface area contributed by atoms with E-state index in [1.54, 1.807) is 31.6 Å². The number of urea groups is 1. The summed E-state index contributed by atoms with van der Waals surface area (Å²) >= 11 is 0. The number of nitrogens with zero attached hydrogens (tertiary/aromatic N) is 2. The van der Waals surface area contributed by atoms with Crippen LogP contribution in [0.3, 0.4) is 0 Å². The number of hydrogen-bond acceptors (Lipinski definition) is 3. The van der Waals surface area contributed by atoms with Gasteiger partial charge in [0.2, 0.25) is 0 Å². The Hall–Kier alpha value is -2.56. The van der Waals surface area contributed by atoms with E-state index in [1.165, 1.54) is 0 Å². The Bertz CT molecular complexity index is 660. The average molecular weight is 311 g/mol. The average Bonchev–Trinajstić information content (AvgIpc) is 3.04. The minimum absolute atomic E-state index is 0.0476. The van der Waals surface area contributed by atoms with E-state index in [1.807, 2.05) is 23.1 Å². The van der Waals surface area contributed by atoms with Crippen LogP contribution in [-0.4, -0.2) is 35.6 Å². The number of carbonyl (C=O) groups excluding carboxylic acids is 1. The molecule has 0 aliphatic carbocycles. The van der Waals surface area contributed by atoms with Crippen LogP contribution in [0.2, 0.25) is 0 Å². The molecular weight excluding hydrogens is 290 g/mol. The van der Waals surface area contributed by atoms with Gasteiger partial charge in [-0.2, -0.15) is 0 Å². The first-order valence-corrected chi connectivity index (χ1v) is 7.87. The van der Waals surface area contributed by atoms with E-state index in [9.17, 15) is 4.79 Å². The van der Waals surface area contributed by atoms with Gasteiger partial charge in [-0.05, 0) is 43.0 Å². The van der Waals surface area contributed by atoms with E-state index < -0.39 is 0 Å². The van der Waals surface area contributed by atoms with E-state index in [4.69, 9.17) is 4.74 Å². The lowest BCUT2D eigenvalue weighted by Gasteiger charge is -2.25. The molecule has 1 saturated heterocycles. The molecule has 0 radical (unpaired) electrons. The maximum absolute atomic E-state index is 12.5. The minimum atomic E-state index is -0.0476. The van der Waals surface area contributed by atoms with Gasteiger partial charge in [0.15, 0.2) is 0 Å². The summed E-state index contributed by atoms with van der Waals surface area (Å²) in [5.41, 5.74) is 1.91. The van der Waals surface area contributed by atoms with Gasteiger partial charge < -0.3 is 15.0 Å². The molecule has 1 aromatic heterocycles. The summed E-state index contributed by atoms with van der Waals surface area (Å²) in [5.74, 6) is 0.883. The van der Waals surface area contributed by atoms with Crippen molar-refractivity contribution in [1.29, 1.82) is 0 Å². The first-order chi connectivity index (χ1) is 11.3. The predicted molar refractivity (Wildman–Crippen MR) is 89.7 cm³/mol. The zero-order valence-corrected chi connectivity index (χ0v) is 13.2. The van der Waals surface area contributed by atoms with Crippen molar-refractivity contribution in [3.8, 4) is 5.75 Å². The lowest BCUT2D eigenvalue weighted by molar-refractivity contribution is 0.206. The number of para-hydroxylation sites is 1. The summed E-state index contributed by atoms with van der Waals surface area (Å²) in [4.78, 5) is 18.4. The molecule has 3 rings (SSSR count). The molecule has 1 aliphatic heterocycles. The molecule has 1 atom stereocenters. The number of methoxy groups -OCH3 is 1. The van der Waals surface area contributed by atoms with Gasteiger partial charge >= 0.3 is 6.03 Å². The molecule has 0 spiro atoms. The summed E-state index contributed by atoms with van der Waals surface area (Å²) in [7, 11) is 1.68. The highest BCUT2D eigenvalue weighted by Crippen LogP contribution is 2.26. The van der Waals surface area contributed by atoms with Gasteiger partial charge in [0.1, 0.15) is 5.75 Å². The number of ether oxygens (including phenoxy) is 1. The van der Waals surface area contributed by atoms with Crippen molar-refractivity contribution in [2.45, 2.75) is 25.3 Å². The summed E-state index contributed by atoms with van der Waals surface area (Å²) in [5, 5.41) is 2.94. The van der Waals surface area contributed by atoms with Gasteiger partial charge in [-0.25, -0.2) is 4.79 Å². The SMILES string of the molecule is COc1ccccc1CC1CCCN1C(=O)Nc1ccncc1. The topological polar surface area (TPSA) is 54.5 Å². The maximum Gasteiger partial charge on any atom is 0.322 e. The van der Waals surface area contributed by atoms with E-state index in [2.05, 4.69) is 16.4 Å². The Balaban J connectivity index is 1.69. The van der Waals surface area contributed by atoms with E-state index in [0.29, 0.717) is 0 Å². The number of aromatic nitrogens is 1. The van der Waals surface area contributed by atoms with Crippen molar-refractivity contribution in [2.24, 2.45) is 0 Å². The van der Waals surface area contributed by atoms with Crippen LogP contribution in [0.5, 0.6) is 5.75 Å². The molecule has 2 heterocycles. The van der Waals surface area contributed by atoms with Crippen molar-refractivity contribution >= 4 is 11.7 Å². The fraction of sp³-hybridized carbons (Fsp3) is 0.333. The Morgan fingerprint density at radius 2 is 2.09 bits per heavy atom. The van der Waals surface area contributed by atoms with Crippen LogP contribution in [0, 0.1) is 0 Å². The van der Waals surface area contributed by atoms with Crippen LogP contribution in [0.15, 0.2) is 48.8 Å². The molecule has 5 nitrogen and oxygen atoms in total. The van der Waals surface area contributed by atoms with Crippen LogP contribution < -0.4 is 10.1 Å². The van der Waals surface area contributed by atoms with Gasteiger partial charge in [0.05, 0.1) is 7.11 Å². The molecule has 1 fully saturated rings. The molecule has 0 saturated carbocycles. The number of anilines is 1. The number of amides is 2. The van der Waals surface area contributed by atoms with Crippen molar-refractivity contribution in [3.05, 3.63) is 54.4 Å². The lowest BCUT2D eigenvalue weighted by atomic mass is 10.0. The lowest BCUT2D eigenvalue weighted by Crippen LogP contribution is -2.39. The number of benzene rings is 1. The van der Waals surface area contributed by atoms with E-state index in [-0.39, 0.29) is 12.1 Å². The monoisotopic (exact) mass is 311 g/mol. The highest BCUT2D eigenvalue weighted by molar-refractivity contribution is 5.89. The molecule has 2 aromatic rings. The highest BCUT2D eigenvalue weighted by atomic mass is 16.5. The molecular formula is C18H21N3O2. The summed E-state index contributed by atoms with van der Waals surface area (Å²) < 4.78 is 5.42. The smallest absolute Gasteiger partial charge is 0.322 e. The van der Waals surface area contributed by atoms with Crippen LogP contribution >= 0.6 is 0 Å². The normalized spacial score (nSPS) is 17.1. The number of nitrogens with one attached hydrogen (secondary N) is 1. The first-order valence-electron chi connectivity index (χ1n) is 7.87. The van der Waals surface area contributed by atoms with Crippen LogP contribution in [-0.2, 0) is 6.42 Å². The second-order valence-electron chi connectivity index (χ2n) is 5.67. The van der Waals surface area contributed by atoms with Gasteiger partial charge in [0.25, 0.3) is 0 Å². The third-order valence-electron chi connectivity index (χ3n) is 4.22. The fourth-order valence-corrected chi connectivity index (χ4v) is 3.07. The Morgan fingerprint density at radius 3 is 2.87 bits per heavy atom. The summed E-state index contributed by atoms with van der Waals surface area (Å²) in [6.45, 7) is 0.788. The van der Waals surface area contributed by atoms with E-state index >= 15 is 0 Å². The largest absolute Gasteiger partial charge is 0.496 e. The fourth-order valence-electron chi connectivity index (χ4n) is 3.07. The minimum Gasteiger partial charge on any atom is -0.496 e.